The molecule has 0 aliphatic heterocycles. The molecule has 0 unspecified atom stereocenters. The van der Waals surface area contributed by atoms with Crippen molar-refractivity contribution >= 4 is 16.0 Å². The van der Waals surface area contributed by atoms with Crippen LogP contribution in [0.1, 0.15) is 0 Å². The fourth-order valence-electron chi connectivity index (χ4n) is 0.0556. The number of hydrogen-bond donors (Lipinski definition) is 0. The zero-order valence-electron chi connectivity index (χ0n) is 2.85. The Kier molecular flexibility index (Phi) is 4.00. The van der Waals surface area contributed by atoms with Gasteiger partial charge in [0.2, 0.25) is 0 Å². The Morgan fingerprint density at radius 1 is 1.60 bits per heavy atom. The summed E-state index contributed by atoms with van der Waals surface area (Å²) >= 11 is 2.69. The molecule has 0 aliphatic rings. The van der Waals surface area contributed by atoms with Gasteiger partial charge in [-0.25, -0.2) is 0 Å². The summed E-state index contributed by atoms with van der Waals surface area (Å²) in [6.07, 6.45) is 3.55. The zero-order valence-corrected chi connectivity index (χ0v) is 4.56. The van der Waals surface area contributed by atoms with Crippen molar-refractivity contribution in [2.45, 2.75) is 0 Å². The van der Waals surface area contributed by atoms with Crippen molar-refractivity contribution in [1.29, 1.82) is 0 Å². The maximum atomic E-state index is 3.44. The molecule has 0 atom stereocenters. The summed E-state index contributed by atoms with van der Waals surface area (Å²) in [4.78, 5) is 1.81. The van der Waals surface area contributed by atoms with Crippen molar-refractivity contribution in [2.24, 2.45) is 0 Å². The van der Waals surface area contributed by atoms with Gasteiger partial charge in [-0.05, 0) is 0 Å². The maximum absolute atomic E-state index is 3.44. The van der Waals surface area contributed by atoms with Gasteiger partial charge in [0, 0.05) is 0 Å². The molecule has 0 aliphatic carbocycles. The van der Waals surface area contributed by atoms with Gasteiger partial charge in [-0.1, -0.05) is 0 Å². The van der Waals surface area contributed by atoms with Crippen molar-refractivity contribution in [2.75, 3.05) is 0 Å². The molecule has 5 heavy (non-hydrogen) atoms. The molecule has 0 radical (unpaired) electrons. The third kappa shape index (κ3) is 4.00. The van der Waals surface area contributed by atoms with E-state index in [2.05, 4.69) is 22.6 Å². The summed E-state index contributed by atoms with van der Waals surface area (Å²) in [5.74, 6) is 0. The molecular formula is C4H5Se-. The van der Waals surface area contributed by atoms with Gasteiger partial charge in [0.1, 0.15) is 0 Å². The normalized spacial score (nSPS) is 8.80. The van der Waals surface area contributed by atoms with Crippen LogP contribution in [0.3, 0.4) is 0 Å². The first-order valence-corrected chi connectivity index (χ1v) is 2.30. The number of rotatable bonds is 1. The molecule has 0 rings (SSSR count). The fraction of sp³-hybridized carbons (Fsp3) is 0. The summed E-state index contributed by atoms with van der Waals surface area (Å²) in [7, 11) is 0. The van der Waals surface area contributed by atoms with E-state index in [1.54, 1.807) is 6.08 Å². The molecule has 0 heterocycles. The Bertz CT molecular complexity index is 45.6. The van der Waals surface area contributed by atoms with Crippen molar-refractivity contribution < 1.29 is 0 Å². The van der Waals surface area contributed by atoms with Crippen LogP contribution in [0.5, 0.6) is 0 Å². The van der Waals surface area contributed by atoms with E-state index in [-0.39, 0.29) is 0 Å². The first-order chi connectivity index (χ1) is 2.41. The minimum absolute atomic E-state index is 1.72. The van der Waals surface area contributed by atoms with Crippen molar-refractivity contribution in [3.05, 3.63) is 23.7 Å². The molecule has 0 nitrogen and oxygen atoms in total. The number of allylic oxidation sites excluding steroid dienone is 2. The molecule has 0 fully saturated rings. The van der Waals surface area contributed by atoms with Gasteiger partial charge in [0.25, 0.3) is 0 Å². The quantitative estimate of drug-likeness (QED) is 0.366. The van der Waals surface area contributed by atoms with Crippen molar-refractivity contribution in [3.63, 3.8) is 0 Å². The molecule has 1 heteroatoms. The van der Waals surface area contributed by atoms with Crippen molar-refractivity contribution in [3.8, 4) is 0 Å². The number of hydrogen-bond acceptors (Lipinski definition) is 0. The Labute approximate surface area is 40.4 Å². The van der Waals surface area contributed by atoms with Crippen LogP contribution in [0.25, 0.3) is 0 Å². The molecule has 0 aromatic rings. The molecule has 0 N–H and O–H groups in total. The van der Waals surface area contributed by atoms with Gasteiger partial charge in [-0.3, -0.25) is 0 Å². The predicted molar refractivity (Wildman–Crippen MR) is 25.1 cm³/mol. The van der Waals surface area contributed by atoms with E-state index in [0.717, 1.165) is 0 Å². The van der Waals surface area contributed by atoms with Gasteiger partial charge >= 0.3 is 39.7 Å². The summed E-state index contributed by atoms with van der Waals surface area (Å²) < 4.78 is 0. The summed E-state index contributed by atoms with van der Waals surface area (Å²) in [6, 6.07) is 0. The van der Waals surface area contributed by atoms with Gasteiger partial charge in [0.15, 0.2) is 0 Å². The average molecular weight is 132 g/mol. The first-order valence-electron chi connectivity index (χ1n) is 1.31. The Balaban J connectivity index is 2.92. The molecule has 0 saturated heterocycles. The van der Waals surface area contributed by atoms with Crippen LogP contribution >= 0.6 is 0 Å². The van der Waals surface area contributed by atoms with E-state index in [4.69, 9.17) is 0 Å². The molecule has 0 saturated carbocycles. The third-order valence-electron chi connectivity index (χ3n) is 0.215. The SMILES string of the molecule is C=C/C=C\[Se-]. The van der Waals surface area contributed by atoms with E-state index in [0.29, 0.717) is 0 Å². The van der Waals surface area contributed by atoms with Crippen LogP contribution in [0.4, 0.5) is 0 Å². The van der Waals surface area contributed by atoms with E-state index in [1.807, 2.05) is 11.1 Å². The summed E-state index contributed by atoms with van der Waals surface area (Å²) in [5.41, 5.74) is 0. The molecule has 0 amide bonds. The van der Waals surface area contributed by atoms with Crippen LogP contribution in [0.15, 0.2) is 23.7 Å². The molecule has 0 aromatic carbocycles. The first kappa shape index (κ1) is 5.00. The average Bonchev–Trinajstić information content (AvgIpc) is 1.41. The van der Waals surface area contributed by atoms with Crippen LogP contribution in [-0.4, -0.2) is 16.0 Å². The van der Waals surface area contributed by atoms with E-state index >= 15 is 0 Å². The summed E-state index contributed by atoms with van der Waals surface area (Å²) in [5, 5.41) is 0. The minimum atomic E-state index is 1.72. The molecule has 0 spiro atoms. The zero-order chi connectivity index (χ0) is 4.12. The molecule has 0 aromatic heterocycles. The van der Waals surface area contributed by atoms with Crippen LogP contribution in [0, 0.1) is 0 Å². The topological polar surface area (TPSA) is 0 Å². The Morgan fingerprint density at radius 2 is 2.20 bits per heavy atom. The van der Waals surface area contributed by atoms with Crippen LogP contribution in [0.2, 0.25) is 0 Å². The van der Waals surface area contributed by atoms with Gasteiger partial charge in [0.05, 0.1) is 0 Å². The fourth-order valence-corrected chi connectivity index (χ4v) is 0.289. The Hall–Kier alpha value is -0.000519. The van der Waals surface area contributed by atoms with Crippen molar-refractivity contribution in [1.82, 2.24) is 0 Å². The van der Waals surface area contributed by atoms with Gasteiger partial charge in [-0.15, -0.1) is 0 Å². The van der Waals surface area contributed by atoms with Gasteiger partial charge < -0.3 is 0 Å². The van der Waals surface area contributed by atoms with E-state index < -0.39 is 0 Å². The van der Waals surface area contributed by atoms with Crippen LogP contribution in [-0.2, 0) is 0 Å². The van der Waals surface area contributed by atoms with Crippen LogP contribution < -0.4 is 0 Å². The third-order valence-corrected chi connectivity index (χ3v) is 0.544. The standard InChI is InChI=1S/C4H6Se/c1-2-3-4-5/h2-5H,1H2/p-1/b4-3-. The second-order valence-electron chi connectivity index (χ2n) is 0.564. The van der Waals surface area contributed by atoms with E-state index in [9.17, 15) is 0 Å². The second-order valence-corrected chi connectivity index (χ2v) is 1.14. The monoisotopic (exact) mass is 133 g/mol. The van der Waals surface area contributed by atoms with E-state index in [1.165, 1.54) is 0 Å². The van der Waals surface area contributed by atoms with Gasteiger partial charge in [-0.2, -0.15) is 0 Å². The molecular weight excluding hydrogens is 127 g/mol. The summed E-state index contributed by atoms with van der Waals surface area (Å²) in [6.45, 7) is 3.44. The molecule has 28 valence electrons. The second kappa shape index (κ2) is 4.00. The Morgan fingerprint density at radius 3 is 2.20 bits per heavy atom. The molecule has 0 bridgehead atoms. The predicted octanol–water partition coefficient (Wildman–Crippen LogP) is 0.855.